The molecule has 1 saturated carbocycles. The second-order valence-corrected chi connectivity index (χ2v) is 12.0. The van der Waals surface area contributed by atoms with Crippen LogP contribution in [0.25, 0.3) is 11.1 Å². The topological polar surface area (TPSA) is 113 Å². The van der Waals surface area contributed by atoms with Gasteiger partial charge in [-0.15, -0.1) is 0 Å². The molecule has 7 nitrogen and oxygen atoms in total. The first-order valence-electron chi connectivity index (χ1n) is 11.9. The fourth-order valence-corrected chi connectivity index (χ4v) is 5.61. The number of Topliss-reactive ketones (excluding diaryl/α,β-unsaturated/α-hetero) is 1. The van der Waals surface area contributed by atoms with Crippen molar-refractivity contribution in [3.63, 3.8) is 0 Å². The smallest absolute Gasteiger partial charge is 0.213 e. The second-order valence-electron chi connectivity index (χ2n) is 9.93. The first-order chi connectivity index (χ1) is 17.0. The fourth-order valence-electron chi connectivity index (χ4n) is 4.39. The molecule has 0 bridgehead atoms. The van der Waals surface area contributed by atoms with Crippen molar-refractivity contribution in [1.29, 1.82) is 4.78 Å². The molecule has 1 aromatic carbocycles. The normalized spacial score (nSPS) is 15.8. The van der Waals surface area contributed by atoms with Gasteiger partial charge in [-0.1, -0.05) is 19.3 Å². The van der Waals surface area contributed by atoms with Gasteiger partial charge in [0, 0.05) is 30.3 Å². The first kappa shape index (κ1) is 26.0. The number of nitrogens with one attached hydrogen (secondary N) is 1. The highest BCUT2D eigenvalue weighted by atomic mass is 32.2. The van der Waals surface area contributed by atoms with Gasteiger partial charge in [-0.05, 0) is 66.6 Å². The molecule has 4 rings (SSSR count). The van der Waals surface area contributed by atoms with Crippen molar-refractivity contribution in [3.05, 3.63) is 65.3 Å². The number of ketones is 1. The molecule has 192 valence electrons. The molecule has 3 aromatic rings. The Morgan fingerprint density at radius 2 is 2.06 bits per heavy atom. The molecule has 0 spiro atoms. The zero-order valence-electron chi connectivity index (χ0n) is 20.7. The predicted octanol–water partition coefficient (Wildman–Crippen LogP) is 5.28. The number of benzene rings is 1. The van der Waals surface area contributed by atoms with E-state index >= 15 is 0 Å². The molecule has 36 heavy (non-hydrogen) atoms. The number of halogens is 1. The lowest BCUT2D eigenvalue weighted by Crippen LogP contribution is -2.20. The van der Waals surface area contributed by atoms with Crippen molar-refractivity contribution in [2.45, 2.75) is 56.6 Å². The van der Waals surface area contributed by atoms with Gasteiger partial charge in [-0.3, -0.25) is 4.79 Å². The number of pyridine rings is 1. The molecule has 2 aromatic heterocycles. The van der Waals surface area contributed by atoms with Crippen LogP contribution in [0, 0.1) is 16.5 Å². The molecule has 0 amide bonds. The van der Waals surface area contributed by atoms with Gasteiger partial charge in [-0.2, -0.15) is 0 Å². The lowest BCUT2D eigenvalue weighted by Gasteiger charge is -2.27. The van der Waals surface area contributed by atoms with Crippen LogP contribution in [0.5, 0.6) is 5.88 Å². The molecule has 0 saturated heterocycles. The Bertz CT molecular complexity index is 1370. The summed E-state index contributed by atoms with van der Waals surface area (Å²) >= 11 is 0. The first-order valence-corrected chi connectivity index (χ1v) is 13.6. The Balaban J connectivity index is 1.67. The van der Waals surface area contributed by atoms with E-state index in [1.807, 2.05) is 0 Å². The third-order valence-corrected chi connectivity index (χ3v) is 8.23. The second kappa shape index (κ2) is 10.1. The minimum Gasteiger partial charge on any atom is -0.481 e. The number of nitrogens with zero attached hydrogens (tertiary/aromatic N) is 1. The monoisotopic (exact) mass is 514 g/mol. The summed E-state index contributed by atoms with van der Waals surface area (Å²) in [5, 5.41) is 9.99. The van der Waals surface area contributed by atoms with E-state index in [0.29, 0.717) is 40.5 Å². The summed E-state index contributed by atoms with van der Waals surface area (Å²) in [4.78, 5) is 17.3. The van der Waals surface area contributed by atoms with Crippen molar-refractivity contribution in [3.8, 4) is 17.0 Å². The molecule has 9 heteroatoms. The zero-order chi connectivity index (χ0) is 26.1. The Hall–Kier alpha value is -3.04. The standard InChI is InChI=1S/C27H31FN2O5S/c1-27(2,32)20-12-26(35-15-20)36(29,33)16-22(31)14-24-19(9-17-5-4-6-17)10-21(28)13-23(24)18-7-8-30-25(11-18)34-3/h7-8,10-13,15,17,29,32H,4-6,9,14,16H2,1-3H3. The average Bonchev–Trinajstić information content (AvgIpc) is 3.29. The largest absolute Gasteiger partial charge is 0.481 e. The van der Waals surface area contributed by atoms with Crippen LogP contribution in [0.3, 0.4) is 0 Å². The predicted molar refractivity (Wildman–Crippen MR) is 134 cm³/mol. The highest BCUT2D eigenvalue weighted by Crippen LogP contribution is 2.35. The Kier molecular flexibility index (Phi) is 7.33. The number of carbonyl (C=O) groups excluding carboxylic acids is 1. The molecule has 1 unspecified atom stereocenters. The van der Waals surface area contributed by atoms with Gasteiger partial charge < -0.3 is 14.3 Å². The minimum atomic E-state index is -3.58. The maximum Gasteiger partial charge on any atom is 0.213 e. The molecule has 1 fully saturated rings. The summed E-state index contributed by atoms with van der Waals surface area (Å²) in [5.74, 6) is -0.566. The molecule has 2 N–H and O–H groups in total. The molecular formula is C27H31FN2O5S. The van der Waals surface area contributed by atoms with Crippen LogP contribution in [0.2, 0.25) is 0 Å². The minimum absolute atomic E-state index is 0.1000. The van der Waals surface area contributed by atoms with Crippen LogP contribution in [-0.2, 0) is 33.0 Å². The summed E-state index contributed by atoms with van der Waals surface area (Å²) in [7, 11) is -2.08. The van der Waals surface area contributed by atoms with E-state index in [9.17, 15) is 18.5 Å². The maximum atomic E-state index is 14.7. The molecule has 1 atom stereocenters. The molecule has 0 aliphatic heterocycles. The van der Waals surface area contributed by atoms with Gasteiger partial charge >= 0.3 is 0 Å². The summed E-state index contributed by atoms with van der Waals surface area (Å²) in [6.07, 6.45) is 6.62. The van der Waals surface area contributed by atoms with Gasteiger partial charge in [0.1, 0.15) is 15.5 Å². The quantitative estimate of drug-likeness (QED) is 0.381. The zero-order valence-corrected chi connectivity index (χ0v) is 21.5. The van der Waals surface area contributed by atoms with Gasteiger partial charge in [0.15, 0.2) is 10.9 Å². The highest BCUT2D eigenvalue weighted by Gasteiger charge is 2.27. The summed E-state index contributed by atoms with van der Waals surface area (Å²) in [6.45, 7) is 3.10. The maximum absolute atomic E-state index is 14.7. The van der Waals surface area contributed by atoms with Crippen molar-refractivity contribution in [2.24, 2.45) is 5.92 Å². The van der Waals surface area contributed by atoms with Gasteiger partial charge in [-0.25, -0.2) is 18.4 Å². The molecule has 1 aliphatic rings. The van der Waals surface area contributed by atoms with Crippen LogP contribution in [-0.4, -0.2) is 32.9 Å². The number of aliphatic hydroxyl groups is 1. The van der Waals surface area contributed by atoms with E-state index in [2.05, 4.69) is 4.98 Å². The van der Waals surface area contributed by atoms with Crippen LogP contribution in [0.4, 0.5) is 4.39 Å². The van der Waals surface area contributed by atoms with Crippen molar-refractivity contribution >= 4 is 15.5 Å². The van der Waals surface area contributed by atoms with Gasteiger partial charge in [0.05, 0.1) is 24.7 Å². The number of ether oxygens (including phenoxy) is 1. The third kappa shape index (κ3) is 5.84. The molecular weight excluding hydrogens is 483 g/mol. The fraction of sp³-hybridized carbons (Fsp3) is 0.407. The van der Waals surface area contributed by atoms with E-state index in [0.717, 1.165) is 24.8 Å². The number of carbonyl (C=O) groups is 1. The van der Waals surface area contributed by atoms with Crippen LogP contribution >= 0.6 is 0 Å². The Morgan fingerprint density at radius 1 is 1.31 bits per heavy atom. The van der Waals surface area contributed by atoms with E-state index in [-0.39, 0.29) is 11.5 Å². The molecule has 1 aliphatic carbocycles. The van der Waals surface area contributed by atoms with Crippen LogP contribution in [0.1, 0.15) is 49.8 Å². The van der Waals surface area contributed by atoms with E-state index in [1.165, 1.54) is 31.6 Å². The lowest BCUT2D eigenvalue weighted by atomic mass is 9.78. The van der Waals surface area contributed by atoms with E-state index in [4.69, 9.17) is 13.9 Å². The number of rotatable bonds is 10. The Labute approximate surface area is 210 Å². The Morgan fingerprint density at radius 3 is 2.67 bits per heavy atom. The lowest BCUT2D eigenvalue weighted by molar-refractivity contribution is -0.116. The van der Waals surface area contributed by atoms with E-state index in [1.54, 1.807) is 32.2 Å². The van der Waals surface area contributed by atoms with Crippen molar-refractivity contribution < 1.29 is 27.7 Å². The van der Waals surface area contributed by atoms with Crippen LogP contribution < -0.4 is 4.74 Å². The molecule has 2 heterocycles. The third-order valence-electron chi connectivity index (χ3n) is 6.64. The molecule has 0 radical (unpaired) electrons. The highest BCUT2D eigenvalue weighted by molar-refractivity contribution is 7.93. The summed E-state index contributed by atoms with van der Waals surface area (Å²) < 4.78 is 46.7. The van der Waals surface area contributed by atoms with E-state index < -0.39 is 32.7 Å². The number of hydrogen-bond donors (Lipinski definition) is 2. The number of methoxy groups -OCH3 is 1. The van der Waals surface area contributed by atoms with Crippen LogP contribution in [0.15, 0.2) is 52.3 Å². The van der Waals surface area contributed by atoms with Gasteiger partial charge in [0.25, 0.3) is 0 Å². The SMILES string of the molecule is COc1cc(-c2cc(F)cc(CC3CCC3)c2CC(=O)CS(=N)(=O)c2cc(C(C)(C)O)co2)ccn1. The summed E-state index contributed by atoms with van der Waals surface area (Å²) in [5.41, 5.74) is 1.77. The average molecular weight is 515 g/mol. The number of aromatic nitrogens is 1. The number of furan rings is 1. The van der Waals surface area contributed by atoms with Crippen molar-refractivity contribution in [2.75, 3.05) is 12.9 Å². The van der Waals surface area contributed by atoms with Gasteiger partial charge in [0.2, 0.25) is 5.88 Å². The summed E-state index contributed by atoms with van der Waals surface area (Å²) in [6, 6.07) is 7.64. The van der Waals surface area contributed by atoms with Crippen molar-refractivity contribution in [1.82, 2.24) is 4.98 Å². The number of hydrogen-bond acceptors (Lipinski definition) is 7.